The van der Waals surface area contributed by atoms with E-state index in [-0.39, 0.29) is 17.8 Å². The highest BCUT2D eigenvalue weighted by Crippen LogP contribution is 2.15. The number of rotatable bonds is 5. The van der Waals surface area contributed by atoms with Gasteiger partial charge in [0.1, 0.15) is 0 Å². The van der Waals surface area contributed by atoms with Crippen molar-refractivity contribution in [2.45, 2.75) is 13.8 Å². The van der Waals surface area contributed by atoms with Crippen molar-refractivity contribution >= 4 is 29.2 Å². The van der Waals surface area contributed by atoms with Crippen LogP contribution in [0.25, 0.3) is 0 Å². The van der Waals surface area contributed by atoms with Crippen molar-refractivity contribution in [2.75, 3.05) is 11.9 Å². The molecule has 0 atom stereocenters. The van der Waals surface area contributed by atoms with Gasteiger partial charge in [0.2, 0.25) is 0 Å². The Labute approximate surface area is 140 Å². The molecule has 0 aliphatic carbocycles. The molecule has 0 saturated heterocycles. The largest absolute Gasteiger partial charge is 0.462 e. The molecule has 1 N–H and O–H groups in total. The zero-order valence-corrected chi connectivity index (χ0v) is 13.8. The van der Waals surface area contributed by atoms with Crippen LogP contribution in [0.15, 0.2) is 48.5 Å². The van der Waals surface area contributed by atoms with E-state index in [2.05, 4.69) is 5.32 Å². The molecule has 0 radical (unpaired) electrons. The monoisotopic (exact) mass is 331 g/mol. The van der Waals surface area contributed by atoms with Gasteiger partial charge < -0.3 is 10.1 Å². The van der Waals surface area contributed by atoms with Crippen molar-refractivity contribution in [1.82, 2.24) is 0 Å². The summed E-state index contributed by atoms with van der Waals surface area (Å²) in [5.74, 6) is -0.343. The molecule has 0 bridgehead atoms. The van der Waals surface area contributed by atoms with E-state index < -0.39 is 0 Å². The first-order valence-corrected chi connectivity index (χ1v) is 7.67. The normalized spacial score (nSPS) is 10.4. The molecule has 2 aromatic carbocycles. The first-order valence-electron chi connectivity index (χ1n) is 7.30. The number of ether oxygens (including phenoxy) is 1. The zero-order chi connectivity index (χ0) is 16.8. The fourth-order valence-electron chi connectivity index (χ4n) is 1.85. The minimum absolute atomic E-state index is 0.261. The first-order chi connectivity index (χ1) is 11.0. The Hall–Kier alpha value is -2.33. The Balaban J connectivity index is 1.99. The van der Waals surface area contributed by atoms with Crippen molar-refractivity contribution in [3.05, 3.63) is 64.7 Å². The number of halogens is 1. The number of hydrogen-bond acceptors (Lipinski definition) is 3. The van der Waals surface area contributed by atoms with Crippen LogP contribution in [0.3, 0.4) is 0 Å². The number of carbonyl (C=O) groups is 2. The molecule has 0 saturated carbocycles. The average Bonchev–Trinajstić information content (AvgIpc) is 2.53. The highest BCUT2D eigenvalue weighted by molar-refractivity contribution is 6.31. The van der Waals surface area contributed by atoms with Crippen molar-refractivity contribution in [3.8, 4) is 0 Å². The molecule has 1 amide bonds. The Kier molecular flexibility index (Phi) is 5.77. The van der Waals surface area contributed by atoms with Gasteiger partial charge in [0.25, 0.3) is 5.91 Å². The molecule has 0 spiro atoms. The molecule has 0 unspecified atom stereocenters. The summed E-state index contributed by atoms with van der Waals surface area (Å²) in [7, 11) is 0. The third-order valence-electron chi connectivity index (χ3n) is 3.01. The molecule has 5 heteroatoms. The van der Waals surface area contributed by atoms with Gasteiger partial charge in [0.15, 0.2) is 0 Å². The van der Waals surface area contributed by atoms with Crippen LogP contribution in [-0.2, 0) is 4.74 Å². The maximum Gasteiger partial charge on any atom is 0.338 e. The van der Waals surface area contributed by atoms with E-state index >= 15 is 0 Å². The Morgan fingerprint density at radius 2 is 1.78 bits per heavy atom. The average molecular weight is 332 g/mol. The highest BCUT2D eigenvalue weighted by atomic mass is 35.5. The molecular weight excluding hydrogens is 314 g/mol. The topological polar surface area (TPSA) is 55.4 Å². The zero-order valence-electron chi connectivity index (χ0n) is 13.0. The van der Waals surface area contributed by atoms with Gasteiger partial charge in [0, 0.05) is 16.3 Å². The smallest absolute Gasteiger partial charge is 0.338 e. The van der Waals surface area contributed by atoms with Crippen LogP contribution >= 0.6 is 11.6 Å². The molecule has 0 aromatic heterocycles. The van der Waals surface area contributed by atoms with Crippen LogP contribution in [0.1, 0.15) is 34.6 Å². The fraction of sp³-hybridized carbons (Fsp3) is 0.222. The van der Waals surface area contributed by atoms with Gasteiger partial charge in [-0.25, -0.2) is 4.79 Å². The van der Waals surface area contributed by atoms with E-state index in [4.69, 9.17) is 16.3 Å². The fourth-order valence-corrected chi connectivity index (χ4v) is 2.04. The summed E-state index contributed by atoms with van der Waals surface area (Å²) in [5.41, 5.74) is 1.51. The van der Waals surface area contributed by atoms with Crippen LogP contribution in [0.2, 0.25) is 5.02 Å². The van der Waals surface area contributed by atoms with E-state index in [9.17, 15) is 9.59 Å². The minimum Gasteiger partial charge on any atom is -0.462 e. The number of hydrogen-bond donors (Lipinski definition) is 1. The molecule has 0 fully saturated rings. The molecule has 0 aliphatic rings. The Bertz CT molecular complexity index is 696. The lowest BCUT2D eigenvalue weighted by Gasteiger charge is -2.08. The van der Waals surface area contributed by atoms with Crippen LogP contribution < -0.4 is 5.32 Å². The van der Waals surface area contributed by atoms with E-state index in [0.717, 1.165) is 0 Å². The second-order valence-electron chi connectivity index (χ2n) is 5.53. The molecule has 4 nitrogen and oxygen atoms in total. The maximum absolute atomic E-state index is 12.1. The van der Waals surface area contributed by atoms with E-state index in [1.807, 2.05) is 13.8 Å². The second-order valence-corrected chi connectivity index (χ2v) is 5.97. The van der Waals surface area contributed by atoms with Crippen LogP contribution in [-0.4, -0.2) is 18.5 Å². The third kappa shape index (κ3) is 5.11. The molecule has 120 valence electrons. The lowest BCUT2D eigenvalue weighted by atomic mass is 10.2. The van der Waals surface area contributed by atoms with Gasteiger partial charge in [-0.05, 0) is 48.4 Å². The van der Waals surface area contributed by atoms with Crippen LogP contribution in [0.5, 0.6) is 0 Å². The van der Waals surface area contributed by atoms with E-state index in [0.29, 0.717) is 28.4 Å². The third-order valence-corrected chi connectivity index (χ3v) is 3.25. The van der Waals surface area contributed by atoms with Crippen molar-refractivity contribution < 1.29 is 14.3 Å². The van der Waals surface area contributed by atoms with Crippen LogP contribution in [0, 0.1) is 5.92 Å². The van der Waals surface area contributed by atoms with E-state index in [1.165, 1.54) is 0 Å². The van der Waals surface area contributed by atoms with Gasteiger partial charge >= 0.3 is 5.97 Å². The van der Waals surface area contributed by atoms with Gasteiger partial charge in [-0.1, -0.05) is 31.5 Å². The number of amides is 1. The first kappa shape index (κ1) is 17.0. The molecule has 2 aromatic rings. The lowest BCUT2D eigenvalue weighted by Crippen LogP contribution is -2.12. The van der Waals surface area contributed by atoms with Crippen molar-refractivity contribution in [2.24, 2.45) is 5.92 Å². The second kappa shape index (κ2) is 7.79. The predicted molar refractivity (Wildman–Crippen MR) is 91.0 cm³/mol. The number of esters is 1. The van der Waals surface area contributed by atoms with Gasteiger partial charge in [-0.15, -0.1) is 0 Å². The molecular formula is C18H18ClNO3. The van der Waals surface area contributed by atoms with Gasteiger partial charge in [-0.3, -0.25) is 4.79 Å². The van der Waals surface area contributed by atoms with Crippen molar-refractivity contribution in [1.29, 1.82) is 0 Å². The number of anilines is 1. The summed E-state index contributed by atoms with van der Waals surface area (Å²) < 4.78 is 5.15. The summed E-state index contributed by atoms with van der Waals surface area (Å²) in [6, 6.07) is 13.3. The maximum atomic E-state index is 12.1. The summed E-state index contributed by atoms with van der Waals surface area (Å²) in [6.45, 7) is 4.33. The predicted octanol–water partition coefficient (Wildman–Crippen LogP) is 4.41. The summed E-state index contributed by atoms with van der Waals surface area (Å²) in [4.78, 5) is 23.9. The van der Waals surface area contributed by atoms with E-state index in [1.54, 1.807) is 48.5 Å². The minimum atomic E-state index is -0.369. The molecule has 23 heavy (non-hydrogen) atoms. The number of nitrogens with one attached hydrogen (secondary N) is 1. The summed E-state index contributed by atoms with van der Waals surface area (Å²) in [6.07, 6.45) is 0. The van der Waals surface area contributed by atoms with Crippen LogP contribution in [0.4, 0.5) is 5.69 Å². The quantitative estimate of drug-likeness (QED) is 0.826. The summed E-state index contributed by atoms with van der Waals surface area (Å²) in [5, 5.41) is 3.25. The molecule has 0 aliphatic heterocycles. The van der Waals surface area contributed by atoms with Crippen molar-refractivity contribution in [3.63, 3.8) is 0 Å². The SMILES string of the molecule is CC(C)COC(=O)c1ccc(NC(=O)c2cccc(Cl)c2)cc1. The standard InChI is InChI=1S/C18H18ClNO3/c1-12(2)11-23-18(22)13-6-8-16(9-7-13)20-17(21)14-4-3-5-15(19)10-14/h3-10,12H,11H2,1-2H3,(H,20,21). The van der Waals surface area contributed by atoms with Gasteiger partial charge in [0.05, 0.1) is 12.2 Å². The Morgan fingerprint density at radius 1 is 1.09 bits per heavy atom. The highest BCUT2D eigenvalue weighted by Gasteiger charge is 2.10. The number of carbonyl (C=O) groups excluding carboxylic acids is 2. The molecule has 2 rings (SSSR count). The number of benzene rings is 2. The molecule has 0 heterocycles. The lowest BCUT2D eigenvalue weighted by molar-refractivity contribution is 0.0459. The van der Waals surface area contributed by atoms with Gasteiger partial charge in [-0.2, -0.15) is 0 Å². The summed E-state index contributed by atoms with van der Waals surface area (Å²) >= 11 is 5.87. The Morgan fingerprint density at radius 3 is 2.39 bits per heavy atom.